The lowest BCUT2D eigenvalue weighted by Crippen LogP contribution is -1.82. The van der Waals surface area contributed by atoms with Gasteiger partial charge < -0.3 is 0 Å². The minimum absolute atomic E-state index is 1.26. The van der Waals surface area contributed by atoms with Crippen LogP contribution in [0.1, 0.15) is 5.56 Å². The van der Waals surface area contributed by atoms with E-state index in [1.807, 2.05) is 6.07 Å². The van der Waals surface area contributed by atoms with E-state index in [4.69, 9.17) is 0 Å². The molecule has 0 aromatic heterocycles. The van der Waals surface area contributed by atoms with Gasteiger partial charge in [-0.3, -0.25) is 0 Å². The molecule has 0 spiro atoms. The molecule has 0 heteroatoms. The second kappa shape index (κ2) is 8.55. The van der Waals surface area contributed by atoms with Crippen LogP contribution in [0.4, 0.5) is 0 Å². The van der Waals surface area contributed by atoms with Crippen LogP contribution < -0.4 is 0 Å². The van der Waals surface area contributed by atoms with Gasteiger partial charge in [-0.25, -0.2) is 0 Å². The summed E-state index contributed by atoms with van der Waals surface area (Å²) in [5.74, 6) is 0. The van der Waals surface area contributed by atoms with Crippen molar-refractivity contribution in [2.75, 3.05) is 0 Å². The van der Waals surface area contributed by atoms with Gasteiger partial charge in [-0.05, 0) is 35.2 Å². The van der Waals surface area contributed by atoms with Gasteiger partial charge in [-0.15, -0.1) is 0 Å². The molecule has 0 saturated carbocycles. The van der Waals surface area contributed by atoms with E-state index < -0.39 is 0 Å². The SMILES string of the molecule is C=CC=C.Cc1cccc(-c2cccc(-c3ccccc3)c2)c1. The predicted octanol–water partition coefficient (Wildman–Crippen LogP) is 6.69. The van der Waals surface area contributed by atoms with E-state index in [0.29, 0.717) is 0 Å². The summed E-state index contributed by atoms with van der Waals surface area (Å²) >= 11 is 0. The monoisotopic (exact) mass is 298 g/mol. The van der Waals surface area contributed by atoms with Crippen molar-refractivity contribution in [1.82, 2.24) is 0 Å². The molecule has 0 aliphatic rings. The molecular weight excluding hydrogens is 276 g/mol. The van der Waals surface area contributed by atoms with Crippen LogP contribution in [0.3, 0.4) is 0 Å². The molecule has 0 nitrogen and oxygen atoms in total. The van der Waals surface area contributed by atoms with Crippen molar-refractivity contribution in [3.63, 3.8) is 0 Å². The van der Waals surface area contributed by atoms with E-state index in [-0.39, 0.29) is 0 Å². The van der Waals surface area contributed by atoms with Crippen molar-refractivity contribution >= 4 is 0 Å². The summed E-state index contributed by atoms with van der Waals surface area (Å²) in [6, 6.07) is 27.8. The predicted molar refractivity (Wildman–Crippen MR) is 102 cm³/mol. The molecule has 0 bridgehead atoms. The largest absolute Gasteiger partial charge is 0.0991 e. The third-order valence-corrected chi connectivity index (χ3v) is 3.49. The Balaban J connectivity index is 0.000000433. The number of hydrogen-bond donors (Lipinski definition) is 0. The van der Waals surface area contributed by atoms with Crippen LogP contribution in [0, 0.1) is 6.92 Å². The van der Waals surface area contributed by atoms with Crippen LogP contribution in [0.25, 0.3) is 22.3 Å². The van der Waals surface area contributed by atoms with Crippen molar-refractivity contribution in [3.8, 4) is 22.3 Å². The molecule has 3 aromatic rings. The van der Waals surface area contributed by atoms with Gasteiger partial charge in [0.2, 0.25) is 0 Å². The number of benzene rings is 3. The molecule has 0 fully saturated rings. The summed E-state index contributed by atoms with van der Waals surface area (Å²) in [4.78, 5) is 0. The van der Waals surface area contributed by atoms with Crippen LogP contribution in [0.5, 0.6) is 0 Å². The Morgan fingerprint density at radius 3 is 1.61 bits per heavy atom. The number of aryl methyl sites for hydroxylation is 1. The molecule has 0 amide bonds. The Bertz CT molecular complexity index is 761. The topological polar surface area (TPSA) is 0 Å². The molecule has 0 unspecified atom stereocenters. The summed E-state index contributed by atoms with van der Waals surface area (Å²) in [6.07, 6.45) is 3.28. The van der Waals surface area contributed by atoms with E-state index in [1.54, 1.807) is 12.2 Å². The van der Waals surface area contributed by atoms with Crippen molar-refractivity contribution in [3.05, 3.63) is 110 Å². The zero-order valence-electron chi connectivity index (χ0n) is 13.6. The number of allylic oxidation sites excluding steroid dienone is 2. The lowest BCUT2D eigenvalue weighted by atomic mass is 9.98. The van der Waals surface area contributed by atoms with E-state index >= 15 is 0 Å². The molecule has 0 N–H and O–H groups in total. The van der Waals surface area contributed by atoms with Gasteiger partial charge >= 0.3 is 0 Å². The number of rotatable bonds is 3. The van der Waals surface area contributed by atoms with Crippen molar-refractivity contribution in [1.29, 1.82) is 0 Å². The summed E-state index contributed by atoms with van der Waals surface area (Å²) in [5.41, 5.74) is 6.36. The molecule has 114 valence electrons. The highest BCUT2D eigenvalue weighted by Gasteiger charge is 2.01. The Hall–Kier alpha value is -2.86. The fourth-order valence-electron chi connectivity index (χ4n) is 2.33. The van der Waals surface area contributed by atoms with Crippen molar-refractivity contribution in [2.45, 2.75) is 6.92 Å². The van der Waals surface area contributed by atoms with Gasteiger partial charge in [-0.2, -0.15) is 0 Å². The van der Waals surface area contributed by atoms with E-state index in [2.05, 4.69) is 92.9 Å². The molecule has 3 rings (SSSR count). The maximum Gasteiger partial charge on any atom is -0.0178 e. The minimum Gasteiger partial charge on any atom is -0.0991 e. The normalized spacial score (nSPS) is 9.43. The highest BCUT2D eigenvalue weighted by atomic mass is 14.1. The highest BCUT2D eigenvalue weighted by Crippen LogP contribution is 2.26. The lowest BCUT2D eigenvalue weighted by Gasteiger charge is -2.06. The third-order valence-electron chi connectivity index (χ3n) is 3.49. The first-order valence-electron chi connectivity index (χ1n) is 7.70. The lowest BCUT2D eigenvalue weighted by molar-refractivity contribution is 1.47. The van der Waals surface area contributed by atoms with Crippen molar-refractivity contribution in [2.24, 2.45) is 0 Å². The first-order valence-corrected chi connectivity index (χ1v) is 7.70. The molecule has 3 aromatic carbocycles. The van der Waals surface area contributed by atoms with Gasteiger partial charge in [0.25, 0.3) is 0 Å². The molecule has 0 aliphatic carbocycles. The van der Waals surface area contributed by atoms with Crippen LogP contribution in [-0.2, 0) is 0 Å². The van der Waals surface area contributed by atoms with Crippen LogP contribution in [0.15, 0.2) is 104 Å². The molecule has 0 aliphatic heterocycles. The summed E-state index contributed by atoms with van der Waals surface area (Å²) < 4.78 is 0. The van der Waals surface area contributed by atoms with Crippen molar-refractivity contribution < 1.29 is 0 Å². The maximum atomic E-state index is 3.36. The van der Waals surface area contributed by atoms with Crippen LogP contribution in [-0.4, -0.2) is 0 Å². The average Bonchev–Trinajstić information content (AvgIpc) is 2.63. The van der Waals surface area contributed by atoms with Gasteiger partial charge in [0, 0.05) is 0 Å². The second-order valence-corrected chi connectivity index (χ2v) is 5.29. The molecule has 0 radical (unpaired) electrons. The van der Waals surface area contributed by atoms with E-state index in [1.165, 1.54) is 27.8 Å². The molecule has 0 atom stereocenters. The summed E-state index contributed by atoms with van der Waals surface area (Å²) in [7, 11) is 0. The summed E-state index contributed by atoms with van der Waals surface area (Å²) in [5, 5.41) is 0. The smallest absolute Gasteiger partial charge is 0.0178 e. The van der Waals surface area contributed by atoms with Gasteiger partial charge in [0.05, 0.1) is 0 Å². The van der Waals surface area contributed by atoms with Crippen LogP contribution >= 0.6 is 0 Å². The highest BCUT2D eigenvalue weighted by molar-refractivity contribution is 5.73. The Morgan fingerprint density at radius 1 is 0.565 bits per heavy atom. The second-order valence-electron chi connectivity index (χ2n) is 5.29. The zero-order chi connectivity index (χ0) is 16.5. The molecule has 0 heterocycles. The fraction of sp³-hybridized carbons (Fsp3) is 0.0435. The van der Waals surface area contributed by atoms with Crippen LogP contribution in [0.2, 0.25) is 0 Å². The van der Waals surface area contributed by atoms with Gasteiger partial charge in [-0.1, -0.05) is 104 Å². The zero-order valence-corrected chi connectivity index (χ0v) is 13.6. The maximum absolute atomic E-state index is 3.36. The first-order chi connectivity index (χ1) is 11.2. The standard InChI is InChI=1S/C19H16.C4H6/c1-15-7-5-10-17(13-15)19-12-6-11-18(14-19)16-8-3-2-4-9-16;1-3-4-2/h2-14H,1H3;3-4H,1-2H2. The summed E-state index contributed by atoms with van der Waals surface area (Å²) in [6.45, 7) is 8.85. The molecular formula is C23H22. The van der Waals surface area contributed by atoms with E-state index in [0.717, 1.165) is 0 Å². The Labute approximate surface area is 139 Å². The fourth-order valence-corrected chi connectivity index (χ4v) is 2.33. The molecule has 23 heavy (non-hydrogen) atoms. The minimum atomic E-state index is 1.26. The third kappa shape index (κ3) is 4.82. The Morgan fingerprint density at radius 2 is 1.04 bits per heavy atom. The Kier molecular flexibility index (Phi) is 6.14. The van der Waals surface area contributed by atoms with Gasteiger partial charge in [0.15, 0.2) is 0 Å². The number of hydrogen-bond acceptors (Lipinski definition) is 0. The van der Waals surface area contributed by atoms with E-state index in [9.17, 15) is 0 Å². The first kappa shape index (κ1) is 16.5. The quantitative estimate of drug-likeness (QED) is 0.473. The molecule has 0 saturated heterocycles. The average molecular weight is 298 g/mol. The van der Waals surface area contributed by atoms with Gasteiger partial charge in [0.1, 0.15) is 0 Å².